The van der Waals surface area contributed by atoms with Gasteiger partial charge in [-0.05, 0) is 51.4 Å². The van der Waals surface area contributed by atoms with Gasteiger partial charge in [0.25, 0.3) is 0 Å². The van der Waals surface area contributed by atoms with Crippen molar-refractivity contribution in [3.8, 4) is 0 Å². The second-order valence-electron chi connectivity index (χ2n) is 18.5. The highest BCUT2D eigenvalue weighted by molar-refractivity contribution is 5.69. The van der Waals surface area contributed by atoms with E-state index in [1.165, 1.54) is 218 Å². The van der Waals surface area contributed by atoms with E-state index in [0.717, 1.165) is 44.9 Å². The summed E-state index contributed by atoms with van der Waals surface area (Å²) in [7, 11) is 0. The van der Waals surface area contributed by atoms with Crippen molar-refractivity contribution >= 4 is 11.9 Å². The summed E-state index contributed by atoms with van der Waals surface area (Å²) in [5.41, 5.74) is 0. The molecule has 0 aliphatic rings. The van der Waals surface area contributed by atoms with Gasteiger partial charge in [0.2, 0.25) is 0 Å². The number of esters is 2. The third-order valence-electron chi connectivity index (χ3n) is 12.3. The monoisotopic (exact) mass is 859 g/mol. The molecule has 0 radical (unpaired) electrons. The van der Waals surface area contributed by atoms with Gasteiger partial charge < -0.3 is 14.2 Å². The maximum atomic E-state index is 12.6. The molecule has 0 unspecified atom stereocenters. The van der Waals surface area contributed by atoms with E-state index in [-0.39, 0.29) is 25.2 Å². The number of unbranched alkanes of at least 4 members (excludes halogenated alkanes) is 36. The number of hydrogen-bond acceptors (Lipinski definition) is 5. The van der Waals surface area contributed by atoms with Crippen molar-refractivity contribution in [2.75, 3.05) is 19.8 Å². The Hall–Kier alpha value is -1.62. The number of carbonyl (C=O) groups is 2. The Morgan fingerprint density at radius 1 is 0.344 bits per heavy atom. The molecule has 0 N–H and O–H groups in total. The molecule has 5 heteroatoms. The molecule has 61 heavy (non-hydrogen) atoms. The minimum Gasteiger partial charge on any atom is -0.463 e. The van der Waals surface area contributed by atoms with E-state index in [0.29, 0.717) is 19.4 Å². The van der Waals surface area contributed by atoms with Crippen molar-refractivity contribution in [1.29, 1.82) is 0 Å². The first kappa shape index (κ1) is 59.4. The minimum absolute atomic E-state index is 0.160. The Morgan fingerprint density at radius 2 is 0.623 bits per heavy atom. The van der Waals surface area contributed by atoms with E-state index >= 15 is 0 Å². The van der Waals surface area contributed by atoms with Gasteiger partial charge in [-0.3, -0.25) is 9.59 Å². The highest BCUT2D eigenvalue weighted by atomic mass is 16.6. The van der Waals surface area contributed by atoms with Crippen LogP contribution in [0.15, 0.2) is 24.3 Å². The second kappa shape index (κ2) is 52.7. The zero-order chi connectivity index (χ0) is 44.2. The van der Waals surface area contributed by atoms with Crippen molar-refractivity contribution in [3.05, 3.63) is 24.3 Å². The molecule has 0 bridgehead atoms. The maximum Gasteiger partial charge on any atom is 0.305 e. The van der Waals surface area contributed by atoms with Crippen molar-refractivity contribution in [2.45, 2.75) is 303 Å². The second-order valence-corrected chi connectivity index (χ2v) is 18.5. The average molecular weight is 859 g/mol. The quantitative estimate of drug-likeness (QED) is 0.0346. The van der Waals surface area contributed by atoms with Crippen LogP contribution in [0.4, 0.5) is 0 Å². The smallest absolute Gasteiger partial charge is 0.305 e. The fourth-order valence-electron chi connectivity index (χ4n) is 8.11. The molecule has 0 saturated carbocycles. The summed E-state index contributed by atoms with van der Waals surface area (Å²) in [6.07, 6.45) is 62.1. The van der Waals surface area contributed by atoms with Crippen LogP contribution in [0.5, 0.6) is 0 Å². The Kier molecular flexibility index (Phi) is 51.3. The summed E-state index contributed by atoms with van der Waals surface area (Å²) in [6.45, 7) is 7.75. The van der Waals surface area contributed by atoms with Crippen molar-refractivity contribution in [3.63, 3.8) is 0 Å². The molecule has 0 aromatic heterocycles. The summed E-state index contributed by atoms with van der Waals surface area (Å²) in [6, 6.07) is 0. The molecule has 1 atom stereocenters. The Morgan fingerprint density at radius 3 is 0.984 bits per heavy atom. The van der Waals surface area contributed by atoms with Gasteiger partial charge in [0, 0.05) is 19.4 Å². The van der Waals surface area contributed by atoms with Gasteiger partial charge in [0.05, 0.1) is 0 Å². The van der Waals surface area contributed by atoms with E-state index in [1.807, 2.05) is 0 Å². The lowest BCUT2D eigenvalue weighted by Gasteiger charge is -2.18. The van der Waals surface area contributed by atoms with Gasteiger partial charge in [-0.1, -0.05) is 257 Å². The largest absolute Gasteiger partial charge is 0.463 e. The van der Waals surface area contributed by atoms with E-state index in [1.54, 1.807) is 0 Å². The van der Waals surface area contributed by atoms with E-state index < -0.39 is 6.10 Å². The topological polar surface area (TPSA) is 61.8 Å². The molecule has 0 aromatic rings. The highest BCUT2D eigenvalue weighted by Gasteiger charge is 2.16. The predicted octanol–water partition coefficient (Wildman–Crippen LogP) is 18.4. The van der Waals surface area contributed by atoms with Gasteiger partial charge in [-0.2, -0.15) is 0 Å². The predicted molar refractivity (Wildman–Crippen MR) is 265 cm³/mol. The highest BCUT2D eigenvalue weighted by Crippen LogP contribution is 2.16. The molecule has 0 rings (SSSR count). The molecule has 0 spiro atoms. The molecule has 0 saturated heterocycles. The zero-order valence-corrected chi connectivity index (χ0v) is 41.5. The van der Waals surface area contributed by atoms with Crippen LogP contribution in [0.25, 0.3) is 0 Å². The van der Waals surface area contributed by atoms with Crippen LogP contribution in [0.3, 0.4) is 0 Å². The lowest BCUT2D eigenvalue weighted by atomic mass is 10.0. The summed E-state index contributed by atoms with van der Waals surface area (Å²) in [5, 5.41) is 0. The fraction of sp³-hybridized carbons (Fsp3) is 0.893. The van der Waals surface area contributed by atoms with Crippen LogP contribution in [0, 0.1) is 0 Å². The first-order valence-electron chi connectivity index (χ1n) is 27.4. The molecular formula is C56H106O5. The van der Waals surface area contributed by atoms with E-state index in [4.69, 9.17) is 14.2 Å². The number of hydrogen-bond donors (Lipinski definition) is 0. The van der Waals surface area contributed by atoms with Crippen LogP contribution in [0.2, 0.25) is 0 Å². The third kappa shape index (κ3) is 50.9. The molecule has 0 heterocycles. The lowest BCUT2D eigenvalue weighted by molar-refractivity contribution is -0.155. The average Bonchev–Trinajstić information content (AvgIpc) is 3.26. The Balaban J connectivity index is 4.21. The van der Waals surface area contributed by atoms with Gasteiger partial charge in [-0.15, -0.1) is 0 Å². The van der Waals surface area contributed by atoms with Crippen LogP contribution < -0.4 is 0 Å². The maximum absolute atomic E-state index is 12.6. The SMILES string of the molecule is CCCCC/C=C\C/C=C\CCCCCCCCCC(=O)OC[C@H](COC(=O)CCCCCCCCCCCCCC)OCCCCCCCCCCCCCCCCCC. The molecule has 0 aliphatic heterocycles. The summed E-state index contributed by atoms with van der Waals surface area (Å²) >= 11 is 0. The normalized spacial score (nSPS) is 12.2. The van der Waals surface area contributed by atoms with Gasteiger partial charge in [0.1, 0.15) is 19.3 Å². The standard InChI is InChI=1S/C56H106O5/c1-4-7-10-13-16-19-22-25-27-29-30-32-35-38-41-44-47-50-56(58)61-53-54(52-60-55(57)49-46-43-40-37-34-24-21-18-15-12-9-6-3)59-51-48-45-42-39-36-33-31-28-26-23-20-17-14-11-8-5-2/h16,19,25,27,54H,4-15,17-18,20-24,26,28-53H2,1-3H3/b19-16-,27-25-/t54-/m0/s1. The van der Waals surface area contributed by atoms with Crippen molar-refractivity contribution in [2.24, 2.45) is 0 Å². The number of carbonyl (C=O) groups excluding carboxylic acids is 2. The first-order chi connectivity index (χ1) is 30.1. The number of rotatable bonds is 51. The van der Waals surface area contributed by atoms with Gasteiger partial charge in [-0.25, -0.2) is 0 Å². The Labute approximate surface area is 381 Å². The van der Waals surface area contributed by atoms with Crippen LogP contribution in [-0.4, -0.2) is 37.9 Å². The number of ether oxygens (including phenoxy) is 3. The number of allylic oxidation sites excluding steroid dienone is 4. The molecular weight excluding hydrogens is 753 g/mol. The van der Waals surface area contributed by atoms with Crippen molar-refractivity contribution < 1.29 is 23.8 Å². The molecule has 0 fully saturated rings. The fourth-order valence-corrected chi connectivity index (χ4v) is 8.11. The zero-order valence-electron chi connectivity index (χ0n) is 41.5. The van der Waals surface area contributed by atoms with Crippen LogP contribution in [-0.2, 0) is 23.8 Å². The van der Waals surface area contributed by atoms with Gasteiger partial charge in [0.15, 0.2) is 0 Å². The molecule has 0 aliphatic carbocycles. The third-order valence-corrected chi connectivity index (χ3v) is 12.3. The molecule has 360 valence electrons. The summed E-state index contributed by atoms with van der Waals surface area (Å²) in [4.78, 5) is 25.2. The van der Waals surface area contributed by atoms with Gasteiger partial charge >= 0.3 is 11.9 Å². The van der Waals surface area contributed by atoms with Crippen LogP contribution >= 0.6 is 0 Å². The minimum atomic E-state index is -0.395. The lowest BCUT2D eigenvalue weighted by Crippen LogP contribution is -2.29. The molecule has 5 nitrogen and oxygen atoms in total. The summed E-state index contributed by atoms with van der Waals surface area (Å²) in [5.74, 6) is -0.326. The molecule has 0 amide bonds. The molecule has 0 aromatic carbocycles. The van der Waals surface area contributed by atoms with E-state index in [9.17, 15) is 9.59 Å². The van der Waals surface area contributed by atoms with Crippen molar-refractivity contribution in [1.82, 2.24) is 0 Å². The first-order valence-corrected chi connectivity index (χ1v) is 27.4. The van der Waals surface area contributed by atoms with E-state index in [2.05, 4.69) is 45.1 Å². The summed E-state index contributed by atoms with van der Waals surface area (Å²) < 4.78 is 17.5. The Bertz CT molecular complexity index is 928. The van der Waals surface area contributed by atoms with Crippen LogP contribution in [0.1, 0.15) is 297 Å².